The normalized spacial score (nSPS) is 10.8. The fourth-order valence-corrected chi connectivity index (χ4v) is 3.92. The number of rotatable bonds is 10. The minimum Gasteiger partial charge on any atom is -0.490 e. The van der Waals surface area contributed by atoms with Gasteiger partial charge in [-0.25, -0.2) is 9.66 Å². The number of carbonyl (C=O) groups is 1. The molecule has 176 valence electrons. The molecule has 0 spiro atoms. The van der Waals surface area contributed by atoms with Gasteiger partial charge in [0.25, 0.3) is 5.91 Å². The molecule has 0 aliphatic heterocycles. The molecule has 2 aromatic carbocycles. The zero-order valence-corrected chi connectivity index (χ0v) is 20.8. The van der Waals surface area contributed by atoms with Crippen LogP contribution in [0, 0.1) is 13.8 Å². The van der Waals surface area contributed by atoms with Gasteiger partial charge in [-0.15, -0.1) is 0 Å². The number of ether oxygens (including phenoxy) is 2. The van der Waals surface area contributed by atoms with Gasteiger partial charge in [-0.3, -0.25) is 10.2 Å². The molecular formula is C26H32ClN3O3. The topological polar surface area (TPSA) is 65.4 Å². The van der Waals surface area contributed by atoms with E-state index in [1.165, 1.54) is 0 Å². The first-order valence-corrected chi connectivity index (χ1v) is 11.8. The molecule has 0 atom stereocenters. The summed E-state index contributed by atoms with van der Waals surface area (Å²) in [6.45, 7) is 11.1. The predicted molar refractivity (Wildman–Crippen MR) is 133 cm³/mol. The lowest BCUT2D eigenvalue weighted by Crippen LogP contribution is -2.26. The average molecular weight is 470 g/mol. The zero-order chi connectivity index (χ0) is 24.0. The third-order valence-corrected chi connectivity index (χ3v) is 5.69. The van der Waals surface area contributed by atoms with Crippen molar-refractivity contribution in [1.82, 2.24) is 9.66 Å². The molecule has 0 saturated carbocycles. The molecule has 0 fully saturated rings. The minimum absolute atomic E-state index is 0.253. The monoisotopic (exact) mass is 469 g/mol. The van der Waals surface area contributed by atoms with Gasteiger partial charge in [0.1, 0.15) is 0 Å². The van der Waals surface area contributed by atoms with Crippen LogP contribution in [0.5, 0.6) is 11.5 Å². The van der Waals surface area contributed by atoms with Crippen LogP contribution < -0.4 is 14.9 Å². The number of benzene rings is 2. The van der Waals surface area contributed by atoms with Gasteiger partial charge in [-0.2, -0.15) is 0 Å². The van der Waals surface area contributed by atoms with Crippen LogP contribution in [0.3, 0.4) is 0 Å². The quantitative estimate of drug-likeness (QED) is 0.376. The molecule has 0 aliphatic carbocycles. The van der Waals surface area contributed by atoms with Crippen LogP contribution in [0.15, 0.2) is 36.4 Å². The average Bonchev–Trinajstić information content (AvgIpc) is 3.11. The third kappa shape index (κ3) is 5.33. The van der Waals surface area contributed by atoms with Gasteiger partial charge in [0.05, 0.1) is 29.6 Å². The molecule has 6 nitrogen and oxygen atoms in total. The Balaban J connectivity index is 2.02. The van der Waals surface area contributed by atoms with Gasteiger partial charge in [0.2, 0.25) is 0 Å². The van der Waals surface area contributed by atoms with Crippen molar-refractivity contribution < 1.29 is 14.3 Å². The van der Waals surface area contributed by atoms with Gasteiger partial charge in [-0.1, -0.05) is 44.5 Å². The molecule has 3 aromatic rings. The van der Waals surface area contributed by atoms with Crippen molar-refractivity contribution in [2.45, 2.75) is 53.9 Å². The first-order valence-electron chi connectivity index (χ1n) is 11.5. The molecule has 0 radical (unpaired) electrons. The first kappa shape index (κ1) is 24.6. The number of hydrogen-bond donors (Lipinski definition) is 1. The molecule has 3 rings (SSSR count). The lowest BCUT2D eigenvalue weighted by Gasteiger charge is -2.18. The number of imidazole rings is 1. The second-order valence-corrected chi connectivity index (χ2v) is 8.25. The number of carbonyl (C=O) groups excluding carboxylic acids is 1. The van der Waals surface area contributed by atoms with E-state index >= 15 is 0 Å². The van der Waals surface area contributed by atoms with E-state index in [-0.39, 0.29) is 5.91 Å². The Labute approximate surface area is 200 Å². The van der Waals surface area contributed by atoms with Crippen LogP contribution >= 0.6 is 11.6 Å². The van der Waals surface area contributed by atoms with E-state index in [0.29, 0.717) is 47.5 Å². The number of nitrogens with zero attached hydrogens (tertiary/aromatic N) is 2. The molecular weight excluding hydrogens is 438 g/mol. The lowest BCUT2D eigenvalue weighted by atomic mass is 10.1. The summed E-state index contributed by atoms with van der Waals surface area (Å²) < 4.78 is 13.6. The maximum Gasteiger partial charge on any atom is 0.270 e. The highest BCUT2D eigenvalue weighted by Crippen LogP contribution is 2.34. The molecule has 1 N–H and O–H groups in total. The summed E-state index contributed by atoms with van der Waals surface area (Å²) in [5, 5.41) is 0.574. The van der Waals surface area contributed by atoms with Gasteiger partial charge in [0, 0.05) is 16.7 Å². The standard InChI is InChI=1S/C26H32ClN3O3/c1-6-15-32-23-14-13-19(17(4)24(23)33-16-7-2)26(31)29-30-22(8-3)18(5)28-25(30)20-11-9-10-12-21(20)27/h9-14H,6-8,15-16H2,1-5H3,(H,29,31). The second kappa shape index (κ2) is 11.2. The molecule has 0 saturated heterocycles. The van der Waals surface area contributed by atoms with Gasteiger partial charge in [-0.05, 0) is 57.4 Å². The number of amides is 1. The fourth-order valence-electron chi connectivity index (χ4n) is 3.70. The number of aryl methyl sites for hydroxylation is 1. The molecule has 0 unspecified atom stereocenters. The molecule has 1 amide bonds. The first-order chi connectivity index (χ1) is 15.9. The van der Waals surface area contributed by atoms with Crippen molar-refractivity contribution in [1.29, 1.82) is 0 Å². The zero-order valence-electron chi connectivity index (χ0n) is 20.0. The van der Waals surface area contributed by atoms with Crippen molar-refractivity contribution in [3.05, 3.63) is 63.9 Å². The van der Waals surface area contributed by atoms with E-state index in [1.807, 2.05) is 52.0 Å². The van der Waals surface area contributed by atoms with Crippen LogP contribution in [0.2, 0.25) is 5.02 Å². The van der Waals surface area contributed by atoms with Crippen LogP contribution in [0.25, 0.3) is 11.4 Å². The number of aromatic nitrogens is 2. The third-order valence-electron chi connectivity index (χ3n) is 5.36. The number of halogens is 1. The smallest absolute Gasteiger partial charge is 0.270 e. The van der Waals surface area contributed by atoms with Crippen LogP contribution in [-0.2, 0) is 6.42 Å². The van der Waals surface area contributed by atoms with E-state index < -0.39 is 0 Å². The number of nitrogens with one attached hydrogen (secondary N) is 1. The molecule has 1 aromatic heterocycles. The van der Waals surface area contributed by atoms with Crippen molar-refractivity contribution >= 4 is 17.5 Å². The molecule has 0 bridgehead atoms. The van der Waals surface area contributed by atoms with Crippen LogP contribution in [-0.4, -0.2) is 28.8 Å². The van der Waals surface area contributed by atoms with Crippen molar-refractivity contribution in [2.24, 2.45) is 0 Å². The van der Waals surface area contributed by atoms with E-state index in [9.17, 15) is 4.79 Å². The van der Waals surface area contributed by atoms with Gasteiger partial charge < -0.3 is 9.47 Å². The van der Waals surface area contributed by atoms with Crippen LogP contribution in [0.4, 0.5) is 0 Å². The Kier molecular flexibility index (Phi) is 8.39. The van der Waals surface area contributed by atoms with Crippen molar-refractivity contribution in [3.63, 3.8) is 0 Å². The molecule has 1 heterocycles. The van der Waals surface area contributed by atoms with E-state index in [1.54, 1.807) is 16.8 Å². The summed E-state index contributed by atoms with van der Waals surface area (Å²) in [6.07, 6.45) is 2.45. The van der Waals surface area contributed by atoms with Crippen LogP contribution in [0.1, 0.15) is 60.9 Å². The van der Waals surface area contributed by atoms with Crippen molar-refractivity contribution in [3.8, 4) is 22.9 Å². The SMILES string of the molecule is CCCOc1ccc(C(=O)Nn2c(-c3ccccc3Cl)nc(C)c2CC)c(C)c1OCCC. The summed E-state index contributed by atoms with van der Waals surface area (Å²) in [5.41, 5.74) is 6.82. The van der Waals surface area contributed by atoms with Gasteiger partial charge in [0.15, 0.2) is 17.3 Å². The predicted octanol–water partition coefficient (Wildman–Crippen LogP) is 6.34. The Morgan fingerprint density at radius 2 is 1.73 bits per heavy atom. The summed E-state index contributed by atoms with van der Waals surface area (Å²) in [4.78, 5) is 18.1. The maximum absolute atomic E-state index is 13.4. The minimum atomic E-state index is -0.253. The summed E-state index contributed by atoms with van der Waals surface area (Å²) in [7, 11) is 0. The second-order valence-electron chi connectivity index (χ2n) is 7.84. The highest BCUT2D eigenvalue weighted by atomic mass is 35.5. The molecule has 0 aliphatic rings. The van der Waals surface area contributed by atoms with E-state index in [4.69, 9.17) is 26.1 Å². The Bertz CT molecular complexity index is 1120. The summed E-state index contributed by atoms with van der Waals surface area (Å²) >= 11 is 6.45. The molecule has 33 heavy (non-hydrogen) atoms. The van der Waals surface area contributed by atoms with E-state index in [2.05, 4.69) is 12.3 Å². The number of hydrogen-bond acceptors (Lipinski definition) is 4. The van der Waals surface area contributed by atoms with Gasteiger partial charge >= 0.3 is 0 Å². The maximum atomic E-state index is 13.4. The fraction of sp³-hybridized carbons (Fsp3) is 0.385. The summed E-state index contributed by atoms with van der Waals surface area (Å²) in [5.74, 6) is 1.62. The Hall–Kier alpha value is -2.99. The lowest BCUT2D eigenvalue weighted by molar-refractivity contribution is 0.101. The summed E-state index contributed by atoms with van der Waals surface area (Å²) in [6, 6.07) is 11.1. The largest absolute Gasteiger partial charge is 0.490 e. The Morgan fingerprint density at radius 3 is 2.39 bits per heavy atom. The Morgan fingerprint density at radius 1 is 1.03 bits per heavy atom. The van der Waals surface area contributed by atoms with Crippen molar-refractivity contribution in [2.75, 3.05) is 18.6 Å². The van der Waals surface area contributed by atoms with E-state index in [0.717, 1.165) is 35.4 Å². The highest BCUT2D eigenvalue weighted by molar-refractivity contribution is 6.33. The molecule has 7 heteroatoms. The highest BCUT2D eigenvalue weighted by Gasteiger charge is 2.22.